The molecule has 0 bridgehead atoms. The number of thiazole rings is 1. The zero-order valence-corrected chi connectivity index (χ0v) is 16.8. The van der Waals surface area contributed by atoms with Crippen LogP contribution < -0.4 is 10.6 Å². The first kappa shape index (κ1) is 20.8. The summed E-state index contributed by atoms with van der Waals surface area (Å²) in [5.74, 6) is 1.75. The smallest absolute Gasteiger partial charge is 0.355 e. The lowest BCUT2D eigenvalue weighted by atomic mass is 10.1. The molecule has 1 aromatic heterocycles. The van der Waals surface area contributed by atoms with Gasteiger partial charge in [0, 0.05) is 23.7 Å². The van der Waals surface area contributed by atoms with E-state index in [0.717, 1.165) is 29.7 Å². The zero-order chi connectivity index (χ0) is 16.2. The van der Waals surface area contributed by atoms with Gasteiger partial charge in [-0.25, -0.2) is 4.98 Å². The van der Waals surface area contributed by atoms with Crippen molar-refractivity contribution in [3.63, 3.8) is 0 Å². The molecule has 23 heavy (non-hydrogen) atoms. The van der Waals surface area contributed by atoms with Crippen molar-refractivity contribution in [2.45, 2.75) is 37.2 Å². The Morgan fingerprint density at radius 2 is 2.17 bits per heavy atom. The molecule has 0 aliphatic carbocycles. The maximum Gasteiger partial charge on any atom is 0.434 e. The van der Waals surface area contributed by atoms with Gasteiger partial charge in [0.05, 0.1) is 6.54 Å². The maximum absolute atomic E-state index is 12.5. The van der Waals surface area contributed by atoms with Crippen LogP contribution in [-0.2, 0) is 12.7 Å². The van der Waals surface area contributed by atoms with Crippen LogP contribution in [0.1, 0.15) is 30.5 Å². The van der Waals surface area contributed by atoms with E-state index in [1.54, 1.807) is 7.05 Å². The molecule has 0 aromatic carbocycles. The summed E-state index contributed by atoms with van der Waals surface area (Å²) in [7, 11) is 1.64. The lowest BCUT2D eigenvalue weighted by molar-refractivity contribution is -0.140. The number of hydrogen-bond acceptors (Lipinski definition) is 4. The van der Waals surface area contributed by atoms with E-state index >= 15 is 0 Å². The molecule has 0 radical (unpaired) electrons. The van der Waals surface area contributed by atoms with Crippen LogP contribution >= 0.6 is 47.1 Å². The number of aromatic nitrogens is 1. The number of hydrogen-bond donors (Lipinski definition) is 2. The minimum absolute atomic E-state index is 0. The standard InChI is InChI=1S/C13H19F3N4S2.HI/c1-12(4-3-5-22-12)8-19-11(17-2)18-6-10-20-9(7-21-10)13(14,15)16;/h7H,3-6,8H2,1-2H3,(H2,17,18,19);1H. The molecule has 0 saturated carbocycles. The maximum atomic E-state index is 12.5. The average Bonchev–Trinajstić information content (AvgIpc) is 3.08. The van der Waals surface area contributed by atoms with Crippen molar-refractivity contribution in [1.29, 1.82) is 0 Å². The summed E-state index contributed by atoms with van der Waals surface area (Å²) in [5.41, 5.74) is -0.841. The molecule has 2 heterocycles. The molecule has 2 rings (SSSR count). The van der Waals surface area contributed by atoms with Crippen molar-refractivity contribution < 1.29 is 13.2 Å². The van der Waals surface area contributed by atoms with E-state index in [-0.39, 0.29) is 35.3 Å². The summed E-state index contributed by atoms with van der Waals surface area (Å²) in [6.45, 7) is 3.22. The summed E-state index contributed by atoms with van der Waals surface area (Å²) in [5, 5.41) is 7.65. The van der Waals surface area contributed by atoms with Crippen LogP contribution in [0.25, 0.3) is 0 Å². The molecule has 1 atom stereocenters. The van der Waals surface area contributed by atoms with E-state index in [1.807, 2.05) is 11.8 Å². The quantitative estimate of drug-likeness (QED) is 0.392. The Labute approximate surface area is 159 Å². The van der Waals surface area contributed by atoms with E-state index < -0.39 is 11.9 Å². The van der Waals surface area contributed by atoms with Gasteiger partial charge in [-0.2, -0.15) is 24.9 Å². The number of nitrogens with one attached hydrogen (secondary N) is 2. The molecule has 1 aliphatic rings. The van der Waals surface area contributed by atoms with E-state index in [9.17, 15) is 13.2 Å². The van der Waals surface area contributed by atoms with Crippen LogP contribution in [0.3, 0.4) is 0 Å². The Bertz CT molecular complexity index is 528. The number of alkyl halides is 3. The molecule has 4 nitrogen and oxygen atoms in total. The highest BCUT2D eigenvalue weighted by Crippen LogP contribution is 2.36. The predicted octanol–water partition coefficient (Wildman–Crippen LogP) is 3.73. The summed E-state index contributed by atoms with van der Waals surface area (Å²) < 4.78 is 37.7. The van der Waals surface area contributed by atoms with E-state index in [2.05, 4.69) is 27.5 Å². The van der Waals surface area contributed by atoms with Gasteiger partial charge < -0.3 is 10.6 Å². The minimum atomic E-state index is -4.39. The molecular formula is C13H20F3IN4S2. The highest BCUT2D eigenvalue weighted by atomic mass is 127. The van der Waals surface area contributed by atoms with Crippen LogP contribution in [0.2, 0.25) is 0 Å². The van der Waals surface area contributed by atoms with Gasteiger partial charge in [0.15, 0.2) is 11.7 Å². The van der Waals surface area contributed by atoms with Gasteiger partial charge in [-0.3, -0.25) is 4.99 Å². The van der Waals surface area contributed by atoms with Crippen molar-refractivity contribution in [2.24, 2.45) is 4.99 Å². The second-order valence-corrected chi connectivity index (χ2v) is 7.93. The van der Waals surface area contributed by atoms with E-state index in [1.165, 1.54) is 12.2 Å². The Morgan fingerprint density at radius 1 is 1.43 bits per heavy atom. The highest BCUT2D eigenvalue weighted by molar-refractivity contribution is 14.0. The van der Waals surface area contributed by atoms with Gasteiger partial charge in [0.1, 0.15) is 5.01 Å². The average molecular weight is 480 g/mol. The summed E-state index contributed by atoms with van der Waals surface area (Å²) in [4.78, 5) is 7.67. The third kappa shape index (κ3) is 6.29. The molecule has 0 amide bonds. The molecule has 1 saturated heterocycles. The third-order valence-corrected chi connectivity index (χ3v) is 5.79. The number of aliphatic imine (C=N–C) groups is 1. The molecule has 1 fully saturated rings. The van der Waals surface area contributed by atoms with Crippen LogP contribution in [0.15, 0.2) is 10.4 Å². The highest BCUT2D eigenvalue weighted by Gasteiger charge is 2.33. The monoisotopic (exact) mass is 480 g/mol. The van der Waals surface area contributed by atoms with Gasteiger partial charge in [-0.15, -0.1) is 35.3 Å². The molecule has 1 aliphatic heterocycles. The number of guanidine groups is 1. The van der Waals surface area contributed by atoms with Crippen molar-refractivity contribution >= 4 is 53.0 Å². The number of thioether (sulfide) groups is 1. The largest absolute Gasteiger partial charge is 0.434 e. The lowest BCUT2D eigenvalue weighted by Crippen LogP contribution is -2.43. The molecule has 10 heteroatoms. The van der Waals surface area contributed by atoms with Crippen molar-refractivity contribution in [1.82, 2.24) is 15.6 Å². The van der Waals surface area contributed by atoms with Gasteiger partial charge in [0.2, 0.25) is 0 Å². The van der Waals surface area contributed by atoms with E-state index in [0.29, 0.717) is 11.0 Å². The van der Waals surface area contributed by atoms with Crippen molar-refractivity contribution in [3.8, 4) is 0 Å². The number of nitrogens with zero attached hydrogens (tertiary/aromatic N) is 2. The van der Waals surface area contributed by atoms with Gasteiger partial charge in [-0.1, -0.05) is 0 Å². The second-order valence-electron chi connectivity index (χ2n) is 5.31. The Balaban J connectivity index is 0.00000264. The van der Waals surface area contributed by atoms with Crippen LogP contribution in [0, 0.1) is 0 Å². The minimum Gasteiger partial charge on any atom is -0.355 e. The Morgan fingerprint density at radius 3 is 2.70 bits per heavy atom. The molecule has 1 unspecified atom stereocenters. The molecule has 132 valence electrons. The van der Waals surface area contributed by atoms with Crippen molar-refractivity contribution in [2.75, 3.05) is 19.3 Å². The van der Waals surface area contributed by atoms with Gasteiger partial charge in [0.25, 0.3) is 0 Å². The predicted molar refractivity (Wildman–Crippen MR) is 101 cm³/mol. The normalized spacial score (nSPS) is 21.9. The Hall–Kier alpha value is -0.230. The molecular weight excluding hydrogens is 460 g/mol. The van der Waals surface area contributed by atoms with Crippen LogP contribution in [0.4, 0.5) is 13.2 Å². The molecule has 0 spiro atoms. The summed E-state index contributed by atoms with van der Waals surface area (Å²) >= 11 is 2.93. The third-order valence-electron chi connectivity index (χ3n) is 3.40. The summed E-state index contributed by atoms with van der Waals surface area (Å²) in [6, 6.07) is 0. The fraction of sp³-hybridized carbons (Fsp3) is 0.692. The molecule has 2 N–H and O–H groups in total. The fourth-order valence-electron chi connectivity index (χ4n) is 2.15. The van der Waals surface area contributed by atoms with Gasteiger partial charge in [-0.05, 0) is 25.5 Å². The topological polar surface area (TPSA) is 49.3 Å². The first-order valence-electron chi connectivity index (χ1n) is 6.92. The molecule has 1 aromatic rings. The lowest BCUT2D eigenvalue weighted by Gasteiger charge is -2.24. The first-order chi connectivity index (χ1) is 10.3. The zero-order valence-electron chi connectivity index (χ0n) is 12.9. The van der Waals surface area contributed by atoms with Crippen LogP contribution in [-0.4, -0.2) is 35.0 Å². The number of halogens is 4. The fourth-order valence-corrected chi connectivity index (χ4v) is 4.13. The summed E-state index contributed by atoms with van der Waals surface area (Å²) in [6.07, 6.45) is -2.01. The van der Waals surface area contributed by atoms with Gasteiger partial charge >= 0.3 is 6.18 Å². The van der Waals surface area contributed by atoms with Crippen LogP contribution in [0.5, 0.6) is 0 Å². The SMILES string of the molecule is CN=C(NCc1nc(C(F)(F)F)cs1)NCC1(C)CCCS1.I. The van der Waals surface area contributed by atoms with Crippen molar-refractivity contribution in [3.05, 3.63) is 16.1 Å². The number of rotatable bonds is 4. The Kier molecular flexibility index (Phi) is 7.91. The first-order valence-corrected chi connectivity index (χ1v) is 8.79. The van der Waals surface area contributed by atoms with E-state index in [4.69, 9.17) is 0 Å². The second kappa shape index (κ2) is 8.75.